The molecule has 4 rings (SSSR count). The number of fused-ring (bicyclic) bond motifs is 2. The molecule has 2 aliphatic rings. The molecule has 0 saturated heterocycles. The number of Topliss-reactive ketones (excluding diaryl/α,β-unsaturated/α-hetero) is 3. The Morgan fingerprint density at radius 1 is 0.839 bits per heavy atom. The number of phenols is 2. The van der Waals surface area contributed by atoms with Gasteiger partial charge in [-0.2, -0.15) is 0 Å². The maximum absolute atomic E-state index is 13.3. The Hall–Kier alpha value is -3.80. The normalized spacial score (nSPS) is 16.8. The van der Waals surface area contributed by atoms with Crippen LogP contribution in [-0.4, -0.2) is 33.3 Å². The molecule has 0 saturated carbocycles. The van der Waals surface area contributed by atoms with Crippen LogP contribution in [0.4, 0.5) is 0 Å². The average Bonchev–Trinajstić information content (AvgIpc) is 2.69. The number of hydrogen-bond donors (Lipinski definition) is 2. The van der Waals surface area contributed by atoms with Gasteiger partial charge in [-0.25, -0.2) is 0 Å². The second-order valence-corrected chi connectivity index (χ2v) is 8.02. The molecule has 2 N–H and O–H groups in total. The lowest BCUT2D eigenvalue weighted by atomic mass is 9.75. The van der Waals surface area contributed by atoms with E-state index < -0.39 is 17.5 Å². The molecule has 0 spiro atoms. The monoisotopic (exact) mass is 416 g/mol. The highest BCUT2D eigenvalue weighted by Gasteiger charge is 2.37. The predicted molar refractivity (Wildman–Crippen MR) is 113 cm³/mol. The van der Waals surface area contributed by atoms with Crippen LogP contribution in [-0.2, 0) is 0 Å². The number of allylic oxidation sites excluding steroid dienone is 4. The third-order valence-corrected chi connectivity index (χ3v) is 6.11. The number of ketones is 4. The predicted octanol–water partition coefficient (Wildman–Crippen LogP) is 4.23. The number of hydrogen-bond acceptors (Lipinski definition) is 6. The Morgan fingerprint density at radius 2 is 1.52 bits per heavy atom. The number of phenolic OH excluding ortho intramolecular Hbond substituents is 2. The Kier molecular flexibility index (Phi) is 4.54. The molecule has 0 heterocycles. The first-order valence-electron chi connectivity index (χ1n) is 9.82. The smallest absolute Gasteiger partial charge is 0.194 e. The van der Waals surface area contributed by atoms with Gasteiger partial charge in [0.15, 0.2) is 23.1 Å². The molecule has 156 valence electrons. The van der Waals surface area contributed by atoms with Crippen LogP contribution in [0.15, 0.2) is 47.1 Å². The number of aryl methyl sites for hydroxylation is 1. The van der Waals surface area contributed by atoms with Crippen molar-refractivity contribution in [2.24, 2.45) is 0 Å². The quantitative estimate of drug-likeness (QED) is 0.758. The van der Waals surface area contributed by atoms with Gasteiger partial charge in [-0.1, -0.05) is 19.1 Å². The number of rotatable bonds is 2. The van der Waals surface area contributed by atoms with Gasteiger partial charge in [0.1, 0.15) is 11.5 Å². The molecule has 2 aromatic carbocycles. The minimum atomic E-state index is -0.760. The van der Waals surface area contributed by atoms with Crippen molar-refractivity contribution in [3.63, 3.8) is 0 Å². The number of carbonyl (C=O) groups excluding carboxylic acids is 4. The summed E-state index contributed by atoms with van der Waals surface area (Å²) in [5.41, 5.74) is 1.53. The molecule has 0 amide bonds. The highest BCUT2D eigenvalue weighted by Crippen LogP contribution is 2.44. The molecular formula is C25H20O6. The van der Waals surface area contributed by atoms with Crippen molar-refractivity contribution in [2.45, 2.75) is 33.6 Å². The summed E-state index contributed by atoms with van der Waals surface area (Å²) < 4.78 is 0. The number of benzene rings is 2. The van der Waals surface area contributed by atoms with Gasteiger partial charge in [0.05, 0.1) is 11.1 Å². The van der Waals surface area contributed by atoms with E-state index in [0.29, 0.717) is 11.1 Å². The van der Waals surface area contributed by atoms with Crippen LogP contribution < -0.4 is 0 Å². The summed E-state index contributed by atoms with van der Waals surface area (Å²) in [4.78, 5) is 51.3. The standard InChI is InChI=1S/C25H20O6/c1-10-8-15-21(17(27)9-11(2)22(15)28)24(30)18(10)12(3)19-13(4)23(29)14-6-5-7-16(26)20(14)25(19)31/h5-9,12,26,30H,1-4H3. The van der Waals surface area contributed by atoms with E-state index in [9.17, 15) is 29.4 Å². The van der Waals surface area contributed by atoms with Crippen LogP contribution >= 0.6 is 0 Å². The first-order valence-corrected chi connectivity index (χ1v) is 9.82. The first-order chi connectivity index (χ1) is 14.6. The van der Waals surface area contributed by atoms with E-state index in [4.69, 9.17) is 0 Å². The lowest BCUT2D eigenvalue weighted by molar-refractivity contribution is 0.0967. The molecule has 2 aliphatic carbocycles. The van der Waals surface area contributed by atoms with E-state index in [0.717, 1.165) is 0 Å². The zero-order chi connectivity index (χ0) is 22.8. The van der Waals surface area contributed by atoms with Crippen molar-refractivity contribution in [1.29, 1.82) is 0 Å². The zero-order valence-corrected chi connectivity index (χ0v) is 17.5. The molecule has 0 radical (unpaired) electrons. The topological polar surface area (TPSA) is 109 Å². The van der Waals surface area contributed by atoms with Gasteiger partial charge in [-0.15, -0.1) is 0 Å². The molecule has 1 unspecified atom stereocenters. The molecule has 0 aliphatic heterocycles. The third kappa shape index (κ3) is 2.79. The second kappa shape index (κ2) is 6.87. The molecule has 1 atom stereocenters. The van der Waals surface area contributed by atoms with E-state index >= 15 is 0 Å². The van der Waals surface area contributed by atoms with Gasteiger partial charge in [0.25, 0.3) is 0 Å². The van der Waals surface area contributed by atoms with Crippen LogP contribution in [0.25, 0.3) is 0 Å². The van der Waals surface area contributed by atoms with Crippen LogP contribution in [0, 0.1) is 6.92 Å². The Balaban J connectivity index is 1.93. The van der Waals surface area contributed by atoms with Crippen molar-refractivity contribution in [3.8, 4) is 11.5 Å². The Bertz CT molecular complexity index is 1310. The van der Waals surface area contributed by atoms with Gasteiger partial charge < -0.3 is 10.2 Å². The van der Waals surface area contributed by atoms with Crippen molar-refractivity contribution in [1.82, 2.24) is 0 Å². The molecular weight excluding hydrogens is 396 g/mol. The average molecular weight is 416 g/mol. The van der Waals surface area contributed by atoms with E-state index in [1.165, 1.54) is 44.2 Å². The van der Waals surface area contributed by atoms with Crippen LogP contribution in [0.2, 0.25) is 0 Å². The van der Waals surface area contributed by atoms with Gasteiger partial charge >= 0.3 is 0 Å². The summed E-state index contributed by atoms with van der Waals surface area (Å²) in [7, 11) is 0. The largest absolute Gasteiger partial charge is 0.507 e. The maximum Gasteiger partial charge on any atom is 0.194 e. The second-order valence-electron chi connectivity index (χ2n) is 8.02. The molecule has 31 heavy (non-hydrogen) atoms. The summed E-state index contributed by atoms with van der Waals surface area (Å²) >= 11 is 0. The summed E-state index contributed by atoms with van der Waals surface area (Å²) in [6.45, 7) is 6.40. The molecule has 0 aromatic heterocycles. The highest BCUT2D eigenvalue weighted by atomic mass is 16.3. The van der Waals surface area contributed by atoms with E-state index in [1.54, 1.807) is 13.8 Å². The summed E-state index contributed by atoms with van der Waals surface area (Å²) in [6.07, 6.45) is 1.18. The Morgan fingerprint density at radius 3 is 2.19 bits per heavy atom. The fraction of sp³-hybridized carbons (Fsp3) is 0.200. The van der Waals surface area contributed by atoms with Gasteiger partial charge in [-0.3, -0.25) is 19.2 Å². The lowest BCUT2D eigenvalue weighted by Gasteiger charge is -2.27. The van der Waals surface area contributed by atoms with Crippen LogP contribution in [0.3, 0.4) is 0 Å². The lowest BCUT2D eigenvalue weighted by Crippen LogP contribution is -2.25. The van der Waals surface area contributed by atoms with E-state index in [2.05, 4.69) is 0 Å². The molecule has 6 nitrogen and oxygen atoms in total. The van der Waals surface area contributed by atoms with Crippen molar-refractivity contribution < 1.29 is 29.4 Å². The van der Waals surface area contributed by atoms with Crippen molar-refractivity contribution in [3.05, 3.63) is 80.4 Å². The number of aromatic hydroxyl groups is 2. The Labute approximate surface area is 178 Å². The first kappa shape index (κ1) is 20.5. The van der Waals surface area contributed by atoms with E-state index in [1.807, 2.05) is 0 Å². The molecule has 2 aromatic rings. The fourth-order valence-electron chi connectivity index (χ4n) is 4.60. The molecule has 6 heteroatoms. The van der Waals surface area contributed by atoms with Gasteiger partial charge in [0, 0.05) is 39.3 Å². The third-order valence-electron chi connectivity index (χ3n) is 6.11. The minimum absolute atomic E-state index is 0.0696. The van der Waals surface area contributed by atoms with Crippen molar-refractivity contribution in [2.75, 3.05) is 0 Å². The number of carbonyl (C=O) groups is 4. The minimum Gasteiger partial charge on any atom is -0.507 e. The SMILES string of the molecule is CC1=CC(=O)c2c(cc(C)c(C(C)C3=C(C)C(=O)c4cccc(O)c4C3=O)c2O)C1=O. The highest BCUT2D eigenvalue weighted by molar-refractivity contribution is 6.28. The summed E-state index contributed by atoms with van der Waals surface area (Å²) in [6, 6.07) is 5.86. The van der Waals surface area contributed by atoms with Crippen LogP contribution in [0.5, 0.6) is 11.5 Å². The summed E-state index contributed by atoms with van der Waals surface area (Å²) in [5.74, 6) is -3.14. The fourth-order valence-corrected chi connectivity index (χ4v) is 4.60. The summed E-state index contributed by atoms with van der Waals surface area (Å²) in [5, 5.41) is 21.2. The van der Waals surface area contributed by atoms with Gasteiger partial charge in [-0.05, 0) is 44.5 Å². The molecule has 0 bridgehead atoms. The van der Waals surface area contributed by atoms with E-state index in [-0.39, 0.29) is 62.0 Å². The van der Waals surface area contributed by atoms with Crippen molar-refractivity contribution >= 4 is 23.1 Å². The van der Waals surface area contributed by atoms with Gasteiger partial charge in [0.2, 0.25) is 0 Å². The zero-order valence-electron chi connectivity index (χ0n) is 17.5. The maximum atomic E-state index is 13.3. The molecule has 0 fully saturated rings. The van der Waals surface area contributed by atoms with Crippen LogP contribution in [0.1, 0.15) is 79.2 Å².